The standard InChI is InChI=1S/C11H15ClN6O2/c1-20-3-2-18-11(9(12)5-14-18)10(19)7-17-6-8(4-13)15-16-17/h5-6H,2-4,7,13H2,1H3. The lowest BCUT2D eigenvalue weighted by Crippen LogP contribution is -2.18. The highest BCUT2D eigenvalue weighted by molar-refractivity contribution is 6.33. The van der Waals surface area contributed by atoms with Crippen LogP contribution >= 0.6 is 11.6 Å². The molecule has 2 N–H and O–H groups in total. The minimum Gasteiger partial charge on any atom is -0.383 e. The molecule has 2 heterocycles. The molecular weight excluding hydrogens is 284 g/mol. The van der Waals surface area contributed by atoms with Gasteiger partial charge in [-0.1, -0.05) is 16.8 Å². The maximum absolute atomic E-state index is 12.3. The summed E-state index contributed by atoms with van der Waals surface area (Å²) in [6.45, 7) is 1.21. The van der Waals surface area contributed by atoms with E-state index in [9.17, 15) is 4.79 Å². The van der Waals surface area contributed by atoms with Crippen LogP contribution < -0.4 is 5.73 Å². The van der Waals surface area contributed by atoms with Gasteiger partial charge in [0.25, 0.3) is 0 Å². The van der Waals surface area contributed by atoms with Crippen LogP contribution in [-0.2, 0) is 24.4 Å². The van der Waals surface area contributed by atoms with E-state index in [1.807, 2.05) is 0 Å². The zero-order valence-corrected chi connectivity index (χ0v) is 11.7. The Morgan fingerprint density at radius 2 is 2.35 bits per heavy atom. The summed E-state index contributed by atoms with van der Waals surface area (Å²) in [7, 11) is 1.58. The van der Waals surface area contributed by atoms with Crippen molar-refractivity contribution in [2.24, 2.45) is 5.73 Å². The fraction of sp³-hybridized carbons (Fsp3) is 0.455. The van der Waals surface area contributed by atoms with Crippen molar-refractivity contribution in [3.8, 4) is 0 Å². The van der Waals surface area contributed by atoms with E-state index in [1.165, 1.54) is 15.6 Å². The Hall–Kier alpha value is -1.77. The summed E-state index contributed by atoms with van der Waals surface area (Å²) in [6, 6.07) is 0. The topological polar surface area (TPSA) is 101 Å². The lowest BCUT2D eigenvalue weighted by Gasteiger charge is -2.06. The number of carbonyl (C=O) groups excluding carboxylic acids is 1. The highest BCUT2D eigenvalue weighted by atomic mass is 35.5. The first-order valence-corrected chi connectivity index (χ1v) is 6.36. The SMILES string of the molecule is COCCn1ncc(Cl)c1C(=O)Cn1cc(CN)nn1. The molecule has 2 aromatic heterocycles. The first-order chi connectivity index (χ1) is 9.65. The first kappa shape index (κ1) is 14.6. The molecule has 0 saturated carbocycles. The summed E-state index contributed by atoms with van der Waals surface area (Å²) in [4.78, 5) is 12.3. The highest BCUT2D eigenvalue weighted by Gasteiger charge is 2.18. The molecule has 0 radical (unpaired) electrons. The van der Waals surface area contributed by atoms with Gasteiger partial charge in [-0.3, -0.25) is 9.48 Å². The molecule has 2 aromatic rings. The normalized spacial score (nSPS) is 10.9. The second-order valence-corrected chi connectivity index (χ2v) is 4.50. The Morgan fingerprint density at radius 3 is 3.00 bits per heavy atom. The van der Waals surface area contributed by atoms with Crippen LogP contribution in [-0.4, -0.2) is 44.3 Å². The fourth-order valence-electron chi connectivity index (χ4n) is 1.72. The van der Waals surface area contributed by atoms with Crippen molar-refractivity contribution < 1.29 is 9.53 Å². The van der Waals surface area contributed by atoms with Crippen molar-refractivity contribution in [1.29, 1.82) is 0 Å². The largest absolute Gasteiger partial charge is 0.383 e. The van der Waals surface area contributed by atoms with E-state index in [2.05, 4.69) is 15.4 Å². The molecule has 0 saturated heterocycles. The molecule has 0 unspecified atom stereocenters. The molecule has 0 aromatic carbocycles. The van der Waals surface area contributed by atoms with Crippen LogP contribution in [0, 0.1) is 0 Å². The zero-order chi connectivity index (χ0) is 14.5. The van der Waals surface area contributed by atoms with Crippen LogP contribution in [0.1, 0.15) is 16.2 Å². The third-order valence-corrected chi connectivity index (χ3v) is 2.94. The van der Waals surface area contributed by atoms with E-state index < -0.39 is 0 Å². The van der Waals surface area contributed by atoms with Gasteiger partial charge in [0, 0.05) is 13.7 Å². The van der Waals surface area contributed by atoms with E-state index in [1.54, 1.807) is 13.3 Å². The van der Waals surface area contributed by atoms with Crippen LogP contribution in [0.2, 0.25) is 5.02 Å². The number of ether oxygens (including phenoxy) is 1. The summed E-state index contributed by atoms with van der Waals surface area (Å²) in [6.07, 6.45) is 3.07. The second kappa shape index (κ2) is 6.60. The van der Waals surface area contributed by atoms with E-state index >= 15 is 0 Å². The predicted molar refractivity (Wildman–Crippen MR) is 71.4 cm³/mol. The van der Waals surface area contributed by atoms with Crippen molar-refractivity contribution in [3.63, 3.8) is 0 Å². The summed E-state index contributed by atoms with van der Waals surface area (Å²) in [5, 5.41) is 12.0. The minimum absolute atomic E-state index is 0.0331. The lowest BCUT2D eigenvalue weighted by atomic mass is 10.3. The minimum atomic E-state index is -0.197. The molecule has 8 nitrogen and oxygen atoms in total. The molecule has 20 heavy (non-hydrogen) atoms. The Labute approximate surface area is 120 Å². The molecule has 2 rings (SSSR count). The molecule has 0 amide bonds. The van der Waals surface area contributed by atoms with Gasteiger partial charge < -0.3 is 10.5 Å². The first-order valence-electron chi connectivity index (χ1n) is 5.98. The van der Waals surface area contributed by atoms with Gasteiger partial charge in [0.15, 0.2) is 0 Å². The van der Waals surface area contributed by atoms with Gasteiger partial charge in [0.1, 0.15) is 12.2 Å². The van der Waals surface area contributed by atoms with Crippen LogP contribution in [0.5, 0.6) is 0 Å². The predicted octanol–water partition coefficient (Wildman–Crippen LogP) is 0.116. The maximum atomic E-state index is 12.3. The average molecular weight is 299 g/mol. The van der Waals surface area contributed by atoms with Crippen LogP contribution in [0.4, 0.5) is 0 Å². The monoisotopic (exact) mass is 298 g/mol. The quantitative estimate of drug-likeness (QED) is 0.728. The Balaban J connectivity index is 2.13. The van der Waals surface area contributed by atoms with Crippen molar-refractivity contribution in [2.45, 2.75) is 19.6 Å². The van der Waals surface area contributed by atoms with Crippen LogP contribution in [0.25, 0.3) is 0 Å². The van der Waals surface area contributed by atoms with E-state index in [0.29, 0.717) is 29.6 Å². The number of Topliss-reactive ketones (excluding diaryl/α,β-unsaturated/α-hetero) is 1. The van der Waals surface area contributed by atoms with Gasteiger partial charge in [-0.25, -0.2) is 4.68 Å². The molecule has 0 aliphatic rings. The average Bonchev–Trinajstić information content (AvgIpc) is 3.03. The second-order valence-electron chi connectivity index (χ2n) is 4.09. The molecule has 9 heteroatoms. The number of carbonyl (C=O) groups is 1. The number of ketones is 1. The van der Waals surface area contributed by atoms with Gasteiger partial charge in [-0.2, -0.15) is 5.10 Å². The summed E-state index contributed by atoms with van der Waals surface area (Å²) in [5.74, 6) is -0.197. The van der Waals surface area contributed by atoms with Gasteiger partial charge in [0.2, 0.25) is 5.78 Å². The number of methoxy groups -OCH3 is 1. The molecule has 0 bridgehead atoms. The van der Waals surface area contributed by atoms with E-state index in [4.69, 9.17) is 22.1 Å². The smallest absolute Gasteiger partial charge is 0.203 e. The number of aromatic nitrogens is 5. The third kappa shape index (κ3) is 3.21. The molecular formula is C11H15ClN6O2. The fourth-order valence-corrected chi connectivity index (χ4v) is 1.96. The Bertz CT molecular complexity index is 594. The molecule has 0 aliphatic heterocycles. The number of nitrogens with zero attached hydrogens (tertiary/aromatic N) is 5. The van der Waals surface area contributed by atoms with Crippen molar-refractivity contribution >= 4 is 17.4 Å². The maximum Gasteiger partial charge on any atom is 0.203 e. The Morgan fingerprint density at radius 1 is 1.55 bits per heavy atom. The van der Waals surface area contributed by atoms with Crippen molar-refractivity contribution in [2.75, 3.05) is 13.7 Å². The number of nitrogens with two attached hydrogens (primary N) is 1. The van der Waals surface area contributed by atoms with Crippen molar-refractivity contribution in [3.05, 3.63) is 28.8 Å². The molecule has 108 valence electrons. The molecule has 0 fully saturated rings. The van der Waals surface area contributed by atoms with Gasteiger partial charge in [-0.05, 0) is 0 Å². The van der Waals surface area contributed by atoms with Crippen LogP contribution in [0.3, 0.4) is 0 Å². The number of hydrogen-bond donors (Lipinski definition) is 1. The number of rotatable bonds is 7. The Kier molecular flexibility index (Phi) is 4.83. The van der Waals surface area contributed by atoms with Crippen LogP contribution in [0.15, 0.2) is 12.4 Å². The summed E-state index contributed by atoms with van der Waals surface area (Å²) in [5.41, 5.74) is 6.41. The van der Waals surface area contributed by atoms with Gasteiger partial charge in [0.05, 0.1) is 36.3 Å². The third-order valence-electron chi connectivity index (χ3n) is 2.67. The van der Waals surface area contributed by atoms with Gasteiger partial charge in [-0.15, -0.1) is 5.10 Å². The van der Waals surface area contributed by atoms with Crippen molar-refractivity contribution in [1.82, 2.24) is 24.8 Å². The number of hydrogen-bond acceptors (Lipinski definition) is 6. The molecule has 0 atom stereocenters. The summed E-state index contributed by atoms with van der Waals surface area (Å²) >= 11 is 6.01. The highest BCUT2D eigenvalue weighted by Crippen LogP contribution is 2.16. The van der Waals surface area contributed by atoms with Gasteiger partial charge >= 0.3 is 0 Å². The lowest BCUT2D eigenvalue weighted by molar-refractivity contribution is 0.0953. The van der Waals surface area contributed by atoms with E-state index in [-0.39, 0.29) is 18.9 Å². The summed E-state index contributed by atoms with van der Waals surface area (Å²) < 4.78 is 7.92. The molecule has 0 spiro atoms. The zero-order valence-electron chi connectivity index (χ0n) is 11.0. The number of halogens is 1. The molecule has 0 aliphatic carbocycles. The van der Waals surface area contributed by atoms with E-state index in [0.717, 1.165) is 0 Å².